The average molecular weight is 256 g/mol. The summed E-state index contributed by atoms with van der Waals surface area (Å²) in [6.07, 6.45) is 10.9. The fourth-order valence-electron chi connectivity index (χ4n) is 2.86. The first-order valence-electron chi connectivity index (χ1n) is 7.06. The maximum atomic E-state index is 5.18. The van der Waals surface area contributed by atoms with Crippen molar-refractivity contribution in [3.63, 3.8) is 0 Å². The van der Waals surface area contributed by atoms with Gasteiger partial charge in [0.1, 0.15) is 5.75 Å². The molecule has 1 fully saturated rings. The second kappa shape index (κ2) is 5.47. The third-order valence-electron chi connectivity index (χ3n) is 4.02. The number of aromatic nitrogens is 2. The summed E-state index contributed by atoms with van der Waals surface area (Å²) in [6, 6.07) is 8.02. The number of hydrogen-bond donors (Lipinski definition) is 0. The number of methoxy groups -OCH3 is 1. The Morgan fingerprint density at radius 3 is 2.53 bits per heavy atom. The summed E-state index contributed by atoms with van der Waals surface area (Å²) >= 11 is 0. The first-order valence-corrected chi connectivity index (χ1v) is 7.06. The van der Waals surface area contributed by atoms with Gasteiger partial charge in [0.25, 0.3) is 0 Å². The van der Waals surface area contributed by atoms with E-state index < -0.39 is 0 Å². The summed E-state index contributed by atoms with van der Waals surface area (Å²) in [7, 11) is 1.68. The lowest BCUT2D eigenvalue weighted by atomic mass is 9.86. The molecular formula is C16H20N2O. The average Bonchev–Trinajstić information content (AvgIpc) is 2.98. The van der Waals surface area contributed by atoms with Crippen LogP contribution in [-0.2, 0) is 0 Å². The molecule has 1 aromatic heterocycles. The molecule has 2 aromatic rings. The van der Waals surface area contributed by atoms with Gasteiger partial charge < -0.3 is 4.74 Å². The van der Waals surface area contributed by atoms with Crippen LogP contribution < -0.4 is 4.74 Å². The van der Waals surface area contributed by atoms with Gasteiger partial charge in [-0.05, 0) is 48.6 Å². The highest BCUT2D eigenvalue weighted by atomic mass is 16.5. The quantitative estimate of drug-likeness (QED) is 0.832. The molecule has 0 unspecified atom stereocenters. The summed E-state index contributed by atoms with van der Waals surface area (Å²) in [4.78, 5) is 0. The molecule has 1 aliphatic carbocycles. The van der Waals surface area contributed by atoms with Gasteiger partial charge >= 0.3 is 0 Å². The van der Waals surface area contributed by atoms with Gasteiger partial charge in [0.05, 0.1) is 19.0 Å². The van der Waals surface area contributed by atoms with Crippen LogP contribution in [0.4, 0.5) is 0 Å². The monoisotopic (exact) mass is 256 g/mol. The molecule has 3 nitrogen and oxygen atoms in total. The number of nitrogens with zero attached hydrogens (tertiary/aromatic N) is 2. The lowest BCUT2D eigenvalue weighted by molar-refractivity contribution is 0.414. The standard InChI is InChI=1S/C16H20N2O/c1-19-16-9-7-15(8-10-16)18-12-14(11-17-18)13-5-3-2-4-6-13/h7-13H,2-6H2,1H3. The molecule has 0 atom stereocenters. The normalized spacial score (nSPS) is 16.5. The van der Waals surface area contributed by atoms with Crippen molar-refractivity contribution in [3.8, 4) is 11.4 Å². The van der Waals surface area contributed by atoms with Gasteiger partial charge in [-0.1, -0.05) is 19.3 Å². The topological polar surface area (TPSA) is 27.1 Å². The van der Waals surface area contributed by atoms with Crippen molar-refractivity contribution in [2.24, 2.45) is 0 Å². The van der Waals surface area contributed by atoms with Crippen molar-refractivity contribution >= 4 is 0 Å². The van der Waals surface area contributed by atoms with Gasteiger partial charge in [-0.25, -0.2) is 4.68 Å². The van der Waals surface area contributed by atoms with Crippen molar-refractivity contribution in [1.29, 1.82) is 0 Å². The molecule has 1 heterocycles. The van der Waals surface area contributed by atoms with Crippen LogP contribution in [0.3, 0.4) is 0 Å². The highest BCUT2D eigenvalue weighted by Crippen LogP contribution is 2.32. The fourth-order valence-corrected chi connectivity index (χ4v) is 2.86. The third-order valence-corrected chi connectivity index (χ3v) is 4.02. The second-order valence-corrected chi connectivity index (χ2v) is 5.25. The van der Waals surface area contributed by atoms with Gasteiger partial charge in [0.15, 0.2) is 0 Å². The van der Waals surface area contributed by atoms with E-state index in [4.69, 9.17) is 4.74 Å². The Bertz CT molecular complexity index is 524. The first-order chi connectivity index (χ1) is 9.36. The van der Waals surface area contributed by atoms with Gasteiger partial charge in [0.2, 0.25) is 0 Å². The Labute approximate surface area is 114 Å². The zero-order valence-electron chi connectivity index (χ0n) is 11.4. The van der Waals surface area contributed by atoms with Crippen molar-refractivity contribution in [2.75, 3.05) is 7.11 Å². The Balaban J connectivity index is 1.79. The fraction of sp³-hybridized carbons (Fsp3) is 0.438. The minimum Gasteiger partial charge on any atom is -0.497 e. The van der Waals surface area contributed by atoms with Crippen LogP contribution in [0.15, 0.2) is 36.7 Å². The van der Waals surface area contributed by atoms with E-state index in [0.29, 0.717) is 5.92 Å². The van der Waals surface area contributed by atoms with Crippen molar-refractivity contribution in [2.45, 2.75) is 38.0 Å². The number of rotatable bonds is 3. The van der Waals surface area contributed by atoms with Crippen molar-refractivity contribution in [3.05, 3.63) is 42.2 Å². The predicted octanol–water partition coefficient (Wildman–Crippen LogP) is 3.93. The van der Waals surface area contributed by atoms with Crippen LogP contribution in [0.1, 0.15) is 43.6 Å². The second-order valence-electron chi connectivity index (χ2n) is 5.25. The molecule has 0 saturated heterocycles. The van der Waals surface area contributed by atoms with Crippen LogP contribution in [-0.4, -0.2) is 16.9 Å². The Morgan fingerprint density at radius 2 is 1.84 bits per heavy atom. The van der Waals surface area contributed by atoms with Crippen LogP contribution >= 0.6 is 0 Å². The summed E-state index contributed by atoms with van der Waals surface area (Å²) in [5, 5.41) is 4.49. The molecule has 0 bridgehead atoms. The molecule has 0 radical (unpaired) electrons. The largest absolute Gasteiger partial charge is 0.497 e. The molecule has 3 heteroatoms. The van der Waals surface area contributed by atoms with Crippen molar-refractivity contribution < 1.29 is 4.74 Å². The highest BCUT2D eigenvalue weighted by Gasteiger charge is 2.17. The predicted molar refractivity (Wildman–Crippen MR) is 75.9 cm³/mol. The molecule has 0 N–H and O–H groups in total. The zero-order valence-corrected chi connectivity index (χ0v) is 11.4. The van der Waals surface area contributed by atoms with Gasteiger partial charge in [0, 0.05) is 6.20 Å². The van der Waals surface area contributed by atoms with E-state index in [2.05, 4.69) is 11.3 Å². The van der Waals surface area contributed by atoms with Crippen LogP contribution in [0.2, 0.25) is 0 Å². The molecule has 100 valence electrons. The van der Waals surface area contributed by atoms with Crippen LogP contribution in [0.25, 0.3) is 5.69 Å². The van der Waals surface area contributed by atoms with E-state index in [1.165, 1.54) is 37.7 Å². The summed E-state index contributed by atoms with van der Waals surface area (Å²) in [6.45, 7) is 0. The Kier molecular flexibility index (Phi) is 3.53. The minimum absolute atomic E-state index is 0.709. The van der Waals surface area contributed by atoms with Crippen LogP contribution in [0.5, 0.6) is 5.75 Å². The smallest absolute Gasteiger partial charge is 0.119 e. The van der Waals surface area contributed by atoms with Crippen LogP contribution in [0, 0.1) is 0 Å². The number of ether oxygens (including phenoxy) is 1. The maximum absolute atomic E-state index is 5.18. The van der Waals surface area contributed by atoms with E-state index >= 15 is 0 Å². The summed E-state index contributed by atoms with van der Waals surface area (Å²) < 4.78 is 7.14. The molecule has 0 amide bonds. The minimum atomic E-state index is 0.709. The van der Waals surface area contributed by atoms with E-state index in [-0.39, 0.29) is 0 Å². The van der Waals surface area contributed by atoms with Gasteiger partial charge in [-0.3, -0.25) is 0 Å². The van der Waals surface area contributed by atoms with Crippen molar-refractivity contribution in [1.82, 2.24) is 9.78 Å². The number of hydrogen-bond acceptors (Lipinski definition) is 2. The molecular weight excluding hydrogens is 236 g/mol. The lowest BCUT2D eigenvalue weighted by Crippen LogP contribution is -2.03. The third kappa shape index (κ3) is 2.65. The van der Waals surface area contributed by atoms with E-state index in [0.717, 1.165) is 11.4 Å². The van der Waals surface area contributed by atoms with Gasteiger partial charge in [-0.2, -0.15) is 5.10 Å². The molecule has 0 aliphatic heterocycles. The number of benzene rings is 1. The lowest BCUT2D eigenvalue weighted by Gasteiger charge is -2.19. The van der Waals surface area contributed by atoms with E-state index in [9.17, 15) is 0 Å². The molecule has 1 saturated carbocycles. The maximum Gasteiger partial charge on any atom is 0.119 e. The van der Waals surface area contributed by atoms with E-state index in [1.807, 2.05) is 35.1 Å². The Morgan fingerprint density at radius 1 is 1.11 bits per heavy atom. The SMILES string of the molecule is COc1ccc(-n2cc(C3CCCCC3)cn2)cc1. The van der Waals surface area contributed by atoms with E-state index in [1.54, 1.807) is 7.11 Å². The zero-order chi connectivity index (χ0) is 13.1. The first kappa shape index (κ1) is 12.3. The summed E-state index contributed by atoms with van der Waals surface area (Å²) in [5.74, 6) is 1.59. The summed E-state index contributed by atoms with van der Waals surface area (Å²) in [5.41, 5.74) is 2.47. The molecule has 3 rings (SSSR count). The highest BCUT2D eigenvalue weighted by molar-refractivity contribution is 5.37. The van der Waals surface area contributed by atoms with Gasteiger partial charge in [-0.15, -0.1) is 0 Å². The Hall–Kier alpha value is -1.77. The molecule has 19 heavy (non-hydrogen) atoms. The molecule has 1 aliphatic rings. The molecule has 0 spiro atoms. The molecule has 1 aromatic carbocycles.